The minimum absolute atomic E-state index is 0.473. The lowest BCUT2D eigenvalue weighted by atomic mass is 10.2. The highest BCUT2D eigenvalue weighted by Gasteiger charge is 2.11. The third-order valence-electron chi connectivity index (χ3n) is 3.01. The normalized spacial score (nSPS) is 10.9. The van der Waals surface area contributed by atoms with Crippen molar-refractivity contribution in [1.82, 2.24) is 19.5 Å². The molecule has 0 aliphatic rings. The van der Waals surface area contributed by atoms with Crippen molar-refractivity contribution >= 4 is 22.5 Å². The maximum Gasteiger partial charge on any atom is 0.216 e. The summed E-state index contributed by atoms with van der Waals surface area (Å²) in [7, 11) is 3.54. The maximum atomic E-state index is 5.92. The zero-order valence-electron chi connectivity index (χ0n) is 10.5. The Hall–Kier alpha value is -2.14. The Bertz CT molecular complexity index is 753. The molecule has 3 aromatic heterocycles. The Morgan fingerprint density at radius 2 is 2.00 bits per heavy atom. The number of hydrogen-bond acceptors (Lipinski definition) is 4. The molecule has 0 saturated heterocycles. The van der Waals surface area contributed by atoms with Gasteiger partial charge in [0.1, 0.15) is 11.5 Å². The number of aryl methyl sites for hydroxylation is 1. The van der Waals surface area contributed by atoms with Crippen LogP contribution in [0, 0.1) is 0 Å². The zero-order valence-corrected chi connectivity index (χ0v) is 11.2. The van der Waals surface area contributed by atoms with Crippen LogP contribution in [-0.4, -0.2) is 26.6 Å². The molecule has 0 radical (unpaired) electrons. The van der Waals surface area contributed by atoms with Gasteiger partial charge in [0.25, 0.3) is 0 Å². The van der Waals surface area contributed by atoms with E-state index in [1.165, 1.54) is 6.33 Å². The van der Waals surface area contributed by atoms with Gasteiger partial charge in [0.05, 0.1) is 24.0 Å². The number of hydrogen-bond donors (Lipinski definition) is 0. The smallest absolute Gasteiger partial charge is 0.216 e. The summed E-state index contributed by atoms with van der Waals surface area (Å²) in [6.07, 6.45) is 3.23. The van der Waals surface area contributed by atoms with Crippen molar-refractivity contribution in [1.29, 1.82) is 0 Å². The van der Waals surface area contributed by atoms with Crippen LogP contribution in [0.2, 0.25) is 5.15 Å². The van der Waals surface area contributed by atoms with Crippen molar-refractivity contribution in [2.75, 3.05) is 7.11 Å². The fourth-order valence-corrected chi connectivity index (χ4v) is 2.20. The molecule has 0 atom stereocenters. The second-order valence-electron chi connectivity index (χ2n) is 4.10. The molecule has 0 aliphatic heterocycles. The standard InChI is InChI=1S/C13H11ClN4O/c1-18-10-5-12(14)15-6-8(10)3-11(18)9-4-13(19-2)17-7-16-9/h3-7H,1-2H3. The first-order chi connectivity index (χ1) is 9.19. The van der Waals surface area contributed by atoms with E-state index in [9.17, 15) is 0 Å². The van der Waals surface area contributed by atoms with Crippen LogP contribution in [0.3, 0.4) is 0 Å². The topological polar surface area (TPSA) is 52.8 Å². The highest BCUT2D eigenvalue weighted by atomic mass is 35.5. The van der Waals surface area contributed by atoms with Crippen LogP contribution < -0.4 is 4.74 Å². The molecule has 3 heterocycles. The molecule has 0 aromatic carbocycles. The van der Waals surface area contributed by atoms with Gasteiger partial charge >= 0.3 is 0 Å². The number of nitrogens with zero attached hydrogens (tertiary/aromatic N) is 4. The fourth-order valence-electron chi connectivity index (χ4n) is 2.04. The minimum atomic E-state index is 0.473. The molecular weight excluding hydrogens is 264 g/mol. The molecule has 0 saturated carbocycles. The first-order valence-corrected chi connectivity index (χ1v) is 6.04. The van der Waals surface area contributed by atoms with Gasteiger partial charge in [0.15, 0.2) is 0 Å². The van der Waals surface area contributed by atoms with E-state index in [0.717, 1.165) is 22.3 Å². The van der Waals surface area contributed by atoms with E-state index >= 15 is 0 Å². The first-order valence-electron chi connectivity index (χ1n) is 5.66. The zero-order chi connectivity index (χ0) is 13.4. The van der Waals surface area contributed by atoms with Gasteiger partial charge in [-0.3, -0.25) is 0 Å². The molecule has 6 heteroatoms. The van der Waals surface area contributed by atoms with Gasteiger partial charge in [0.2, 0.25) is 5.88 Å². The largest absolute Gasteiger partial charge is 0.481 e. The lowest BCUT2D eigenvalue weighted by Crippen LogP contribution is -1.95. The van der Waals surface area contributed by atoms with Crippen LogP contribution in [0.1, 0.15) is 0 Å². The molecule has 0 N–H and O–H groups in total. The van der Waals surface area contributed by atoms with E-state index in [1.807, 2.05) is 23.7 Å². The average molecular weight is 275 g/mol. The Labute approximate surface area is 114 Å². The molecule has 0 aliphatic carbocycles. The van der Waals surface area contributed by atoms with Gasteiger partial charge in [0, 0.05) is 24.7 Å². The van der Waals surface area contributed by atoms with Gasteiger partial charge in [-0.2, -0.15) is 0 Å². The number of methoxy groups -OCH3 is 1. The summed E-state index contributed by atoms with van der Waals surface area (Å²) >= 11 is 5.92. The van der Waals surface area contributed by atoms with Crippen LogP contribution in [0.15, 0.2) is 30.7 Å². The van der Waals surface area contributed by atoms with Crippen LogP contribution in [0.4, 0.5) is 0 Å². The molecular formula is C13H11ClN4O. The summed E-state index contributed by atoms with van der Waals surface area (Å²) in [5.41, 5.74) is 2.76. The molecule has 5 nitrogen and oxygen atoms in total. The van der Waals surface area contributed by atoms with Gasteiger partial charge in [-0.1, -0.05) is 11.6 Å². The lowest BCUT2D eigenvalue weighted by Gasteiger charge is -2.04. The summed E-state index contributed by atoms with van der Waals surface area (Å²) in [4.78, 5) is 12.4. The van der Waals surface area contributed by atoms with Crippen LogP contribution in [0.5, 0.6) is 5.88 Å². The number of pyridine rings is 1. The molecule has 0 spiro atoms. The summed E-state index contributed by atoms with van der Waals surface area (Å²) in [6, 6.07) is 5.64. The molecule has 0 fully saturated rings. The predicted octanol–water partition coefficient (Wildman–Crippen LogP) is 2.69. The van der Waals surface area contributed by atoms with Crippen LogP contribution in [0.25, 0.3) is 22.3 Å². The lowest BCUT2D eigenvalue weighted by molar-refractivity contribution is 0.397. The Morgan fingerprint density at radius 1 is 1.16 bits per heavy atom. The quantitative estimate of drug-likeness (QED) is 0.674. The van der Waals surface area contributed by atoms with Gasteiger partial charge in [-0.25, -0.2) is 15.0 Å². The third kappa shape index (κ3) is 2.02. The number of aromatic nitrogens is 4. The SMILES string of the molecule is COc1cc(-c2cc3cnc(Cl)cc3n2C)ncn1. The van der Waals surface area contributed by atoms with E-state index in [4.69, 9.17) is 16.3 Å². The van der Waals surface area contributed by atoms with Gasteiger partial charge < -0.3 is 9.30 Å². The van der Waals surface area contributed by atoms with E-state index in [1.54, 1.807) is 19.4 Å². The molecule has 3 rings (SSSR count). The molecule has 0 bridgehead atoms. The summed E-state index contributed by atoms with van der Waals surface area (Å²) in [5, 5.41) is 1.49. The van der Waals surface area contributed by atoms with E-state index in [0.29, 0.717) is 11.0 Å². The number of fused-ring (bicyclic) bond motifs is 1. The van der Waals surface area contributed by atoms with Crippen LogP contribution >= 0.6 is 11.6 Å². The number of halogens is 1. The number of rotatable bonds is 2. The summed E-state index contributed by atoms with van der Waals surface area (Å²) in [5.74, 6) is 0.534. The molecule has 19 heavy (non-hydrogen) atoms. The van der Waals surface area contributed by atoms with Gasteiger partial charge in [-0.05, 0) is 12.1 Å². The van der Waals surface area contributed by atoms with Gasteiger partial charge in [-0.15, -0.1) is 0 Å². The average Bonchev–Trinajstić information content (AvgIpc) is 2.76. The minimum Gasteiger partial charge on any atom is -0.481 e. The Kier molecular flexibility index (Phi) is 2.83. The van der Waals surface area contributed by atoms with E-state index in [2.05, 4.69) is 15.0 Å². The van der Waals surface area contributed by atoms with Crippen LogP contribution in [-0.2, 0) is 7.05 Å². The van der Waals surface area contributed by atoms with Crippen molar-refractivity contribution in [3.63, 3.8) is 0 Å². The highest BCUT2D eigenvalue weighted by Crippen LogP contribution is 2.27. The Balaban J connectivity index is 2.21. The molecule has 96 valence electrons. The van der Waals surface area contributed by atoms with E-state index < -0.39 is 0 Å². The second kappa shape index (κ2) is 4.51. The predicted molar refractivity (Wildman–Crippen MR) is 73.3 cm³/mol. The van der Waals surface area contributed by atoms with Crippen molar-refractivity contribution in [3.8, 4) is 17.3 Å². The third-order valence-corrected chi connectivity index (χ3v) is 3.21. The Morgan fingerprint density at radius 3 is 2.79 bits per heavy atom. The second-order valence-corrected chi connectivity index (χ2v) is 4.49. The summed E-state index contributed by atoms with van der Waals surface area (Å²) < 4.78 is 7.13. The fraction of sp³-hybridized carbons (Fsp3) is 0.154. The van der Waals surface area contributed by atoms with E-state index in [-0.39, 0.29) is 0 Å². The summed E-state index contributed by atoms with van der Waals surface area (Å²) in [6.45, 7) is 0. The molecule has 0 amide bonds. The van der Waals surface area contributed by atoms with Crippen molar-refractivity contribution < 1.29 is 4.74 Å². The highest BCUT2D eigenvalue weighted by molar-refractivity contribution is 6.30. The first kappa shape index (κ1) is 11.9. The van der Waals surface area contributed by atoms with Crippen molar-refractivity contribution in [2.45, 2.75) is 0 Å². The van der Waals surface area contributed by atoms with Crippen molar-refractivity contribution in [3.05, 3.63) is 35.9 Å². The number of ether oxygens (including phenoxy) is 1. The molecule has 0 unspecified atom stereocenters. The molecule has 3 aromatic rings. The maximum absolute atomic E-state index is 5.92. The monoisotopic (exact) mass is 274 g/mol. The van der Waals surface area contributed by atoms with Crippen molar-refractivity contribution in [2.24, 2.45) is 7.05 Å².